The largest absolute Gasteiger partial charge is 0.344 e. The van der Waals surface area contributed by atoms with E-state index in [1.165, 1.54) is 12.3 Å². The number of pyridine rings is 1. The summed E-state index contributed by atoms with van der Waals surface area (Å²) in [6.45, 7) is 1.17. The van der Waals surface area contributed by atoms with Gasteiger partial charge in [-0.3, -0.25) is 9.59 Å². The van der Waals surface area contributed by atoms with Crippen molar-refractivity contribution in [1.82, 2.24) is 19.6 Å². The number of nitrogens with zero attached hydrogens (tertiary/aromatic N) is 3. The van der Waals surface area contributed by atoms with E-state index in [0.29, 0.717) is 31.6 Å². The number of hydrogen-bond donors (Lipinski definition) is 1. The average molecular weight is 406 g/mol. The molecule has 2 saturated heterocycles. The number of hydrogen-bond acceptors (Lipinski definition) is 3. The van der Waals surface area contributed by atoms with Crippen molar-refractivity contribution in [3.8, 4) is 0 Å². The molecule has 1 N–H and O–H groups in total. The van der Waals surface area contributed by atoms with E-state index in [1.807, 2.05) is 29.3 Å². The fourth-order valence-corrected chi connectivity index (χ4v) is 4.77. The minimum absolute atomic E-state index is 0.000385. The molecule has 1 unspecified atom stereocenters. The van der Waals surface area contributed by atoms with Gasteiger partial charge in [-0.2, -0.15) is 0 Å². The summed E-state index contributed by atoms with van der Waals surface area (Å²) >= 11 is 0. The quantitative estimate of drug-likeness (QED) is 0.727. The van der Waals surface area contributed by atoms with Crippen molar-refractivity contribution in [2.45, 2.75) is 37.1 Å². The summed E-state index contributed by atoms with van der Waals surface area (Å²) in [5.74, 6) is -0.361. The second-order valence-electron chi connectivity index (χ2n) is 8.17. The number of carbonyl (C=O) groups excluding carboxylic acids is 2. The highest BCUT2D eigenvalue weighted by Crippen LogP contribution is 2.41. The number of likely N-dealkylation sites (tertiary alicyclic amines) is 1. The lowest BCUT2D eigenvalue weighted by atomic mass is 9.70. The Morgan fingerprint density at radius 2 is 1.87 bits per heavy atom. The van der Waals surface area contributed by atoms with Crippen LogP contribution < -0.4 is 5.32 Å². The Bertz CT molecular complexity index is 1100. The van der Waals surface area contributed by atoms with E-state index < -0.39 is 6.04 Å². The van der Waals surface area contributed by atoms with E-state index in [-0.39, 0.29) is 23.0 Å². The van der Waals surface area contributed by atoms with E-state index in [9.17, 15) is 14.0 Å². The maximum Gasteiger partial charge on any atom is 0.245 e. The standard InChI is InChI=1S/C23H23FN4O2/c24-17-6-8-20-26-19(15-28(20)14-17)23(16-4-2-1-3-5-16)10-12-27(13-11-23)22(30)18-7-9-21(29)25-18/h1-6,8,14-15,18H,7,9-13H2,(H,25,29). The van der Waals surface area contributed by atoms with Gasteiger partial charge in [0.1, 0.15) is 17.5 Å². The molecule has 5 rings (SSSR count). The van der Waals surface area contributed by atoms with Crippen LogP contribution in [-0.4, -0.2) is 45.2 Å². The third-order valence-corrected chi connectivity index (χ3v) is 6.45. The maximum atomic E-state index is 13.7. The predicted molar refractivity (Wildman–Crippen MR) is 109 cm³/mol. The minimum atomic E-state index is -0.403. The summed E-state index contributed by atoms with van der Waals surface area (Å²) in [7, 11) is 0. The third kappa shape index (κ3) is 3.14. The van der Waals surface area contributed by atoms with E-state index in [1.54, 1.807) is 10.5 Å². The van der Waals surface area contributed by atoms with Gasteiger partial charge in [0.05, 0.1) is 5.69 Å². The second kappa shape index (κ2) is 7.23. The number of rotatable bonds is 3. The molecule has 0 radical (unpaired) electrons. The number of fused-ring (bicyclic) bond motifs is 1. The van der Waals surface area contributed by atoms with Crippen LogP contribution in [0.4, 0.5) is 4.39 Å². The summed E-state index contributed by atoms with van der Waals surface area (Å²) < 4.78 is 15.4. The normalized spacial score (nSPS) is 21.0. The average Bonchev–Trinajstić information content (AvgIpc) is 3.40. The molecule has 3 aromatic rings. The van der Waals surface area contributed by atoms with Crippen molar-refractivity contribution < 1.29 is 14.0 Å². The van der Waals surface area contributed by atoms with Crippen LogP contribution in [0.2, 0.25) is 0 Å². The highest BCUT2D eigenvalue weighted by Gasteiger charge is 2.42. The lowest BCUT2D eigenvalue weighted by molar-refractivity contribution is -0.135. The van der Waals surface area contributed by atoms with Crippen LogP contribution in [-0.2, 0) is 15.0 Å². The van der Waals surface area contributed by atoms with Gasteiger partial charge in [0, 0.05) is 37.3 Å². The van der Waals surface area contributed by atoms with E-state index in [4.69, 9.17) is 4.98 Å². The molecule has 7 heteroatoms. The fourth-order valence-electron chi connectivity index (χ4n) is 4.77. The van der Waals surface area contributed by atoms with Gasteiger partial charge in [0.25, 0.3) is 0 Å². The smallest absolute Gasteiger partial charge is 0.245 e. The molecule has 2 aliphatic heterocycles. The topological polar surface area (TPSA) is 66.7 Å². The third-order valence-electron chi connectivity index (χ3n) is 6.45. The molecule has 2 aromatic heterocycles. The van der Waals surface area contributed by atoms with Crippen molar-refractivity contribution in [3.05, 3.63) is 71.9 Å². The van der Waals surface area contributed by atoms with Gasteiger partial charge in [0.15, 0.2) is 0 Å². The lowest BCUT2D eigenvalue weighted by Crippen LogP contribution is -2.51. The first-order chi connectivity index (χ1) is 14.5. The number of benzene rings is 1. The minimum Gasteiger partial charge on any atom is -0.344 e. The monoisotopic (exact) mass is 406 g/mol. The van der Waals surface area contributed by atoms with Crippen molar-refractivity contribution >= 4 is 17.5 Å². The van der Waals surface area contributed by atoms with Crippen LogP contribution in [0, 0.1) is 5.82 Å². The summed E-state index contributed by atoms with van der Waals surface area (Å²) in [4.78, 5) is 31.0. The highest BCUT2D eigenvalue weighted by molar-refractivity contribution is 5.90. The van der Waals surface area contributed by atoms with E-state index in [0.717, 1.165) is 24.1 Å². The molecule has 0 saturated carbocycles. The Kier molecular flexibility index (Phi) is 4.53. The maximum absolute atomic E-state index is 13.7. The molecular formula is C23H23FN4O2. The van der Waals surface area contributed by atoms with Crippen molar-refractivity contribution in [3.63, 3.8) is 0 Å². The van der Waals surface area contributed by atoms with Crippen LogP contribution in [0.3, 0.4) is 0 Å². The first-order valence-electron chi connectivity index (χ1n) is 10.3. The Morgan fingerprint density at radius 1 is 1.10 bits per heavy atom. The van der Waals surface area contributed by atoms with Gasteiger partial charge in [-0.15, -0.1) is 0 Å². The van der Waals surface area contributed by atoms with Crippen LogP contribution >= 0.6 is 0 Å². The molecule has 154 valence electrons. The molecule has 6 nitrogen and oxygen atoms in total. The molecule has 4 heterocycles. The molecule has 1 aromatic carbocycles. The summed E-state index contributed by atoms with van der Waals surface area (Å²) in [6.07, 6.45) is 5.75. The van der Waals surface area contributed by atoms with Crippen LogP contribution in [0.5, 0.6) is 0 Å². The SMILES string of the molecule is O=C1CCC(C(=O)N2CCC(c3ccccc3)(c3cn4cc(F)ccc4n3)CC2)N1. The predicted octanol–water partition coefficient (Wildman–Crippen LogP) is 2.66. The molecule has 2 amide bonds. The molecule has 0 bridgehead atoms. The zero-order valence-corrected chi connectivity index (χ0v) is 16.6. The Morgan fingerprint density at radius 3 is 2.57 bits per heavy atom. The zero-order chi connectivity index (χ0) is 20.7. The molecule has 30 heavy (non-hydrogen) atoms. The Labute approximate surface area is 173 Å². The molecular weight excluding hydrogens is 383 g/mol. The van der Waals surface area contributed by atoms with E-state index >= 15 is 0 Å². The van der Waals surface area contributed by atoms with Gasteiger partial charge < -0.3 is 14.6 Å². The molecule has 2 aliphatic rings. The number of aromatic nitrogens is 2. The number of amides is 2. The van der Waals surface area contributed by atoms with Gasteiger partial charge in [-0.05, 0) is 37.0 Å². The number of piperidine rings is 1. The van der Waals surface area contributed by atoms with Gasteiger partial charge >= 0.3 is 0 Å². The number of carbonyl (C=O) groups is 2. The first kappa shape index (κ1) is 18.8. The summed E-state index contributed by atoms with van der Waals surface area (Å²) in [6, 6.07) is 12.9. The van der Waals surface area contributed by atoms with Crippen molar-refractivity contribution in [2.24, 2.45) is 0 Å². The van der Waals surface area contributed by atoms with Gasteiger partial charge in [0.2, 0.25) is 11.8 Å². The molecule has 0 aliphatic carbocycles. The van der Waals surface area contributed by atoms with Crippen molar-refractivity contribution in [2.75, 3.05) is 13.1 Å². The molecule has 2 fully saturated rings. The zero-order valence-electron chi connectivity index (χ0n) is 16.6. The first-order valence-corrected chi connectivity index (χ1v) is 10.3. The summed E-state index contributed by atoms with van der Waals surface area (Å²) in [5.41, 5.74) is 2.39. The molecule has 1 atom stereocenters. The van der Waals surface area contributed by atoms with Crippen LogP contribution in [0.25, 0.3) is 5.65 Å². The highest BCUT2D eigenvalue weighted by atomic mass is 19.1. The Hall–Kier alpha value is -3.22. The lowest BCUT2D eigenvalue weighted by Gasteiger charge is -2.42. The van der Waals surface area contributed by atoms with Crippen LogP contribution in [0.15, 0.2) is 54.9 Å². The number of imidazole rings is 1. The van der Waals surface area contributed by atoms with Gasteiger partial charge in [-0.25, -0.2) is 9.37 Å². The van der Waals surface area contributed by atoms with E-state index in [2.05, 4.69) is 17.4 Å². The Balaban J connectivity index is 1.47. The fraction of sp³-hybridized carbons (Fsp3) is 0.348. The number of halogens is 1. The number of nitrogens with one attached hydrogen (secondary N) is 1. The summed E-state index contributed by atoms with van der Waals surface area (Å²) in [5, 5.41) is 2.78. The van der Waals surface area contributed by atoms with Crippen LogP contribution in [0.1, 0.15) is 36.9 Å². The second-order valence-corrected chi connectivity index (χ2v) is 8.17. The van der Waals surface area contributed by atoms with Crippen molar-refractivity contribution in [1.29, 1.82) is 0 Å². The molecule has 0 spiro atoms. The van der Waals surface area contributed by atoms with Gasteiger partial charge in [-0.1, -0.05) is 30.3 Å².